The van der Waals surface area contributed by atoms with Crippen molar-refractivity contribution in [2.24, 2.45) is 0 Å². The van der Waals surface area contributed by atoms with E-state index in [9.17, 15) is 4.79 Å². The molecule has 2 aromatic rings. The first-order valence-electron chi connectivity index (χ1n) is 9.09. The number of ether oxygens (including phenoxy) is 1. The van der Waals surface area contributed by atoms with Gasteiger partial charge in [-0.2, -0.15) is 0 Å². The number of rotatable bonds is 5. The van der Waals surface area contributed by atoms with Gasteiger partial charge in [0.05, 0.1) is 12.2 Å². The van der Waals surface area contributed by atoms with Gasteiger partial charge in [-0.05, 0) is 36.0 Å². The van der Waals surface area contributed by atoms with Crippen LogP contribution < -0.4 is 0 Å². The van der Waals surface area contributed by atoms with Crippen molar-refractivity contribution in [2.75, 3.05) is 7.05 Å². The van der Waals surface area contributed by atoms with Gasteiger partial charge >= 0.3 is 6.09 Å². The molecule has 4 heteroatoms. The van der Waals surface area contributed by atoms with Gasteiger partial charge in [-0.1, -0.05) is 55.7 Å². The molecule has 0 spiro atoms. The van der Waals surface area contributed by atoms with Crippen molar-refractivity contribution in [1.82, 2.24) is 9.88 Å². The lowest BCUT2D eigenvalue weighted by Gasteiger charge is -2.22. The van der Waals surface area contributed by atoms with E-state index >= 15 is 0 Å². The Balaban J connectivity index is 1.49. The summed E-state index contributed by atoms with van der Waals surface area (Å²) in [5.41, 5.74) is 3.20. The van der Waals surface area contributed by atoms with Crippen molar-refractivity contribution >= 4 is 6.09 Å². The van der Waals surface area contributed by atoms with Gasteiger partial charge in [0.15, 0.2) is 0 Å². The van der Waals surface area contributed by atoms with E-state index in [1.165, 1.54) is 37.7 Å². The van der Waals surface area contributed by atoms with Gasteiger partial charge in [0, 0.05) is 13.2 Å². The lowest BCUT2D eigenvalue weighted by molar-refractivity contribution is 0.102. The molecule has 0 N–H and O–H groups in total. The van der Waals surface area contributed by atoms with Crippen LogP contribution in [0.3, 0.4) is 0 Å². The van der Waals surface area contributed by atoms with Crippen molar-refractivity contribution in [3.63, 3.8) is 0 Å². The number of carbonyl (C=O) groups excluding carboxylic acids is 1. The molecule has 0 bridgehead atoms. The zero-order valence-corrected chi connectivity index (χ0v) is 14.9. The average molecular weight is 338 g/mol. The maximum Gasteiger partial charge on any atom is 0.410 e. The number of pyridine rings is 1. The van der Waals surface area contributed by atoms with Crippen LogP contribution in [0.4, 0.5) is 4.79 Å². The Morgan fingerprint density at radius 2 is 1.88 bits per heavy atom. The number of aromatic nitrogens is 1. The van der Waals surface area contributed by atoms with Crippen LogP contribution in [0.1, 0.15) is 54.8 Å². The summed E-state index contributed by atoms with van der Waals surface area (Å²) in [6, 6.07) is 13.9. The predicted molar refractivity (Wildman–Crippen MR) is 98.2 cm³/mol. The molecule has 1 aliphatic carbocycles. The first-order chi connectivity index (χ1) is 12.2. The Labute approximate surface area is 149 Å². The van der Waals surface area contributed by atoms with E-state index in [0.717, 1.165) is 11.3 Å². The van der Waals surface area contributed by atoms with E-state index in [1.807, 2.05) is 42.6 Å². The lowest BCUT2D eigenvalue weighted by Crippen LogP contribution is -2.27. The average Bonchev–Trinajstić information content (AvgIpc) is 2.68. The van der Waals surface area contributed by atoms with E-state index < -0.39 is 0 Å². The highest BCUT2D eigenvalue weighted by molar-refractivity contribution is 5.67. The minimum Gasteiger partial charge on any atom is -0.445 e. The Kier molecular flexibility index (Phi) is 6.04. The van der Waals surface area contributed by atoms with Gasteiger partial charge in [-0.15, -0.1) is 0 Å². The Hall–Kier alpha value is -2.36. The topological polar surface area (TPSA) is 42.4 Å². The molecule has 132 valence electrons. The molecule has 1 heterocycles. The fourth-order valence-corrected chi connectivity index (χ4v) is 3.34. The second kappa shape index (κ2) is 8.65. The van der Waals surface area contributed by atoms with Crippen LogP contribution in [0.5, 0.6) is 0 Å². The largest absolute Gasteiger partial charge is 0.445 e. The minimum absolute atomic E-state index is 0.290. The molecular formula is C21H26N2O2. The van der Waals surface area contributed by atoms with Crippen molar-refractivity contribution in [3.8, 4) is 0 Å². The number of carbonyl (C=O) groups is 1. The molecule has 0 aliphatic heterocycles. The number of nitrogens with zero attached hydrogens (tertiary/aromatic N) is 2. The summed E-state index contributed by atoms with van der Waals surface area (Å²) in [4.78, 5) is 18.2. The van der Waals surface area contributed by atoms with Gasteiger partial charge < -0.3 is 9.64 Å². The fourth-order valence-electron chi connectivity index (χ4n) is 3.34. The molecule has 0 unspecified atom stereocenters. The molecule has 1 aliphatic rings. The van der Waals surface area contributed by atoms with E-state index in [2.05, 4.69) is 11.1 Å². The number of benzene rings is 1. The molecule has 0 saturated heterocycles. The van der Waals surface area contributed by atoms with Crippen LogP contribution in [-0.2, 0) is 17.9 Å². The maximum atomic E-state index is 12.1. The highest BCUT2D eigenvalue weighted by atomic mass is 16.6. The molecule has 1 fully saturated rings. The fraction of sp³-hybridized carbons (Fsp3) is 0.429. The van der Waals surface area contributed by atoms with Crippen LogP contribution in [0.25, 0.3) is 0 Å². The smallest absolute Gasteiger partial charge is 0.410 e. The van der Waals surface area contributed by atoms with E-state index in [4.69, 9.17) is 4.74 Å². The summed E-state index contributed by atoms with van der Waals surface area (Å²) in [6.45, 7) is 0.747. The highest BCUT2D eigenvalue weighted by Gasteiger charge is 2.16. The molecule has 3 rings (SSSR count). The molecular weight excluding hydrogens is 312 g/mol. The normalized spacial score (nSPS) is 14.9. The summed E-state index contributed by atoms with van der Waals surface area (Å²) < 4.78 is 5.34. The third-order valence-electron chi connectivity index (χ3n) is 4.84. The summed E-state index contributed by atoms with van der Waals surface area (Å²) in [5, 5.41) is 0. The van der Waals surface area contributed by atoms with Crippen molar-refractivity contribution in [1.29, 1.82) is 0 Å². The summed E-state index contributed by atoms with van der Waals surface area (Å²) in [6.07, 6.45) is 8.19. The Bertz CT molecular complexity index is 664. The number of hydrogen-bond donors (Lipinski definition) is 0. The van der Waals surface area contributed by atoms with Crippen molar-refractivity contribution in [2.45, 2.75) is 51.2 Å². The molecule has 1 amide bonds. The SMILES string of the molecule is CN(Cc1ccc(C2CCCCC2)cn1)C(=O)OCc1ccccc1. The molecule has 0 atom stereocenters. The monoisotopic (exact) mass is 338 g/mol. The van der Waals surface area contributed by atoms with E-state index in [-0.39, 0.29) is 12.7 Å². The van der Waals surface area contributed by atoms with Crippen LogP contribution in [0.15, 0.2) is 48.7 Å². The zero-order valence-electron chi connectivity index (χ0n) is 14.9. The highest BCUT2D eigenvalue weighted by Crippen LogP contribution is 2.32. The summed E-state index contributed by atoms with van der Waals surface area (Å²) in [5.74, 6) is 0.656. The van der Waals surface area contributed by atoms with Crippen molar-refractivity contribution in [3.05, 3.63) is 65.5 Å². The van der Waals surface area contributed by atoms with Gasteiger partial charge in [0.2, 0.25) is 0 Å². The van der Waals surface area contributed by atoms with Crippen LogP contribution in [0, 0.1) is 0 Å². The summed E-state index contributed by atoms with van der Waals surface area (Å²) >= 11 is 0. The molecule has 1 aromatic heterocycles. The van der Waals surface area contributed by atoms with Crippen molar-refractivity contribution < 1.29 is 9.53 Å². The number of hydrogen-bond acceptors (Lipinski definition) is 3. The third kappa shape index (κ3) is 5.05. The molecule has 25 heavy (non-hydrogen) atoms. The third-order valence-corrected chi connectivity index (χ3v) is 4.84. The van der Waals surface area contributed by atoms with Gasteiger partial charge in [-0.25, -0.2) is 4.79 Å². The van der Waals surface area contributed by atoms with Crippen LogP contribution >= 0.6 is 0 Å². The quantitative estimate of drug-likeness (QED) is 0.779. The van der Waals surface area contributed by atoms with Crippen LogP contribution in [0.2, 0.25) is 0 Å². The Morgan fingerprint density at radius 1 is 1.12 bits per heavy atom. The first-order valence-corrected chi connectivity index (χ1v) is 9.09. The zero-order chi connectivity index (χ0) is 17.5. The molecule has 1 aromatic carbocycles. The van der Waals surface area contributed by atoms with E-state index in [0.29, 0.717) is 12.5 Å². The van der Waals surface area contributed by atoms with Gasteiger partial charge in [0.1, 0.15) is 6.61 Å². The lowest BCUT2D eigenvalue weighted by atomic mass is 9.85. The number of amides is 1. The summed E-state index contributed by atoms with van der Waals surface area (Å²) in [7, 11) is 1.74. The molecule has 0 radical (unpaired) electrons. The standard InChI is InChI=1S/C21H26N2O2/c1-23(21(24)25-16-17-8-4-2-5-9-17)15-20-13-12-19(14-22-20)18-10-6-3-7-11-18/h2,4-5,8-9,12-14,18H,3,6-7,10-11,15-16H2,1H3. The second-order valence-electron chi connectivity index (χ2n) is 6.81. The Morgan fingerprint density at radius 3 is 2.56 bits per heavy atom. The van der Waals surface area contributed by atoms with Gasteiger partial charge in [0.25, 0.3) is 0 Å². The molecule has 4 nitrogen and oxygen atoms in total. The van der Waals surface area contributed by atoms with Gasteiger partial charge in [-0.3, -0.25) is 4.98 Å². The van der Waals surface area contributed by atoms with E-state index in [1.54, 1.807) is 11.9 Å². The maximum absolute atomic E-state index is 12.1. The predicted octanol–water partition coefficient (Wildman–Crippen LogP) is 4.90. The second-order valence-corrected chi connectivity index (χ2v) is 6.81. The molecule has 1 saturated carbocycles. The van der Waals surface area contributed by atoms with Crippen LogP contribution in [-0.4, -0.2) is 23.0 Å². The first kappa shape index (κ1) is 17.5. The minimum atomic E-state index is -0.331.